The van der Waals surface area contributed by atoms with Crippen LogP contribution in [0.15, 0.2) is 35.9 Å². The average Bonchev–Trinajstić information content (AvgIpc) is 3.67. The highest BCUT2D eigenvalue weighted by Crippen LogP contribution is 2.49. The second-order valence-corrected chi connectivity index (χ2v) is 12.7. The van der Waals surface area contributed by atoms with Crippen molar-refractivity contribution in [1.82, 2.24) is 10.6 Å². The molecule has 3 N–H and O–H groups in total. The van der Waals surface area contributed by atoms with E-state index >= 15 is 0 Å². The molecule has 3 heterocycles. The van der Waals surface area contributed by atoms with Crippen molar-refractivity contribution >= 4 is 35.3 Å². The normalized spacial score (nSPS) is 35.3. The molecule has 0 aromatic heterocycles. The summed E-state index contributed by atoms with van der Waals surface area (Å²) in [5, 5.41) is 17.3. The molecular formula is C32H44ClN3O8. The van der Waals surface area contributed by atoms with Crippen molar-refractivity contribution in [2.45, 2.75) is 89.6 Å². The zero-order chi connectivity index (χ0) is 32.6. The number of amides is 2. The standard InChI is InChI=1S/C32H44ClN3O8/c1-17-10-9-11-18(2)32(40)16-24(42-30(39)35-32)19(3)28-31(5,44-28)25(43-29(38)20(4)34-6)15-26(37)36(7)22-13-21(12-17)14-23(41-8)27(22)33/h9-11,13-14,18-20,24-25,28,34,40H,12,15-16H2,1-8H3,(H,35,39)/b11-9+,17-10+/t18?,19?,20-,24?,25?,28?,31?,32?/m1/s1. The number of benzene rings is 1. The molecule has 1 aromatic rings. The van der Waals surface area contributed by atoms with E-state index in [0.717, 1.165) is 11.1 Å². The van der Waals surface area contributed by atoms with Gasteiger partial charge in [0.1, 0.15) is 40.3 Å². The maximum absolute atomic E-state index is 13.8. The Morgan fingerprint density at radius 2 is 2.00 bits per heavy atom. The molecule has 8 atom stereocenters. The lowest BCUT2D eigenvalue weighted by Gasteiger charge is -2.41. The summed E-state index contributed by atoms with van der Waals surface area (Å²) in [6, 6.07) is 3.04. The fourth-order valence-corrected chi connectivity index (χ4v) is 6.18. The number of esters is 1. The van der Waals surface area contributed by atoms with Gasteiger partial charge >= 0.3 is 12.1 Å². The SMILES string of the molecule is CN[C@H](C)C(=O)OC1CC(=O)N(C)c2cc(cc(OC)c2Cl)C/C(C)=C/C=C/C(C)C2(O)CC(OC(=O)N2)C(C)C2OC12C. The third kappa shape index (κ3) is 6.91. The van der Waals surface area contributed by atoms with E-state index in [0.29, 0.717) is 17.9 Å². The topological polar surface area (TPSA) is 139 Å². The molecule has 12 heteroatoms. The van der Waals surface area contributed by atoms with Gasteiger partial charge in [-0.3, -0.25) is 14.9 Å². The first-order valence-electron chi connectivity index (χ1n) is 14.9. The fraction of sp³-hybridized carbons (Fsp3) is 0.594. The number of nitrogens with zero attached hydrogens (tertiary/aromatic N) is 1. The summed E-state index contributed by atoms with van der Waals surface area (Å²) in [6.45, 7) is 9.08. The summed E-state index contributed by atoms with van der Waals surface area (Å²) >= 11 is 6.69. The number of hydrogen-bond acceptors (Lipinski definition) is 9. The van der Waals surface area contributed by atoms with E-state index < -0.39 is 59.6 Å². The number of fused-ring (bicyclic) bond motifs is 5. The molecule has 3 aliphatic rings. The number of allylic oxidation sites excluding steroid dienone is 3. The lowest BCUT2D eigenvalue weighted by atomic mass is 9.82. The van der Waals surface area contributed by atoms with Crippen molar-refractivity contribution in [2.75, 3.05) is 26.1 Å². The smallest absolute Gasteiger partial charge is 0.409 e. The van der Waals surface area contributed by atoms with Crippen molar-refractivity contribution < 1.29 is 38.4 Å². The van der Waals surface area contributed by atoms with Gasteiger partial charge in [-0.2, -0.15) is 0 Å². The molecule has 11 nitrogen and oxygen atoms in total. The largest absolute Gasteiger partial charge is 0.495 e. The summed E-state index contributed by atoms with van der Waals surface area (Å²) in [6.07, 6.45) is 3.12. The van der Waals surface area contributed by atoms with Gasteiger partial charge in [0.15, 0.2) is 0 Å². The van der Waals surface area contributed by atoms with Crippen LogP contribution >= 0.6 is 11.6 Å². The van der Waals surface area contributed by atoms with Crippen LogP contribution in [0.4, 0.5) is 10.5 Å². The summed E-state index contributed by atoms with van der Waals surface area (Å²) in [5.74, 6) is -1.32. The van der Waals surface area contributed by atoms with Crippen LogP contribution in [0.5, 0.6) is 5.75 Å². The van der Waals surface area contributed by atoms with Gasteiger partial charge in [-0.25, -0.2) is 4.79 Å². The van der Waals surface area contributed by atoms with Gasteiger partial charge in [-0.15, -0.1) is 0 Å². The molecule has 0 radical (unpaired) electrons. The predicted molar refractivity (Wildman–Crippen MR) is 166 cm³/mol. The van der Waals surface area contributed by atoms with Crippen LogP contribution in [-0.2, 0) is 30.2 Å². The number of likely N-dealkylation sites (N-methyl/N-ethyl adjacent to an activating group) is 1. The second-order valence-electron chi connectivity index (χ2n) is 12.4. The third-order valence-corrected chi connectivity index (χ3v) is 9.52. The zero-order valence-corrected chi connectivity index (χ0v) is 27.4. The Labute approximate surface area is 263 Å². The third-order valence-electron chi connectivity index (χ3n) is 9.14. The molecule has 242 valence electrons. The number of rotatable bonds is 4. The number of carbonyl (C=O) groups excluding carboxylic acids is 3. The molecule has 44 heavy (non-hydrogen) atoms. The minimum atomic E-state index is -1.56. The second kappa shape index (κ2) is 13.1. The van der Waals surface area contributed by atoms with E-state index in [1.54, 1.807) is 27.9 Å². The number of halogens is 1. The molecule has 4 bridgehead atoms. The quantitative estimate of drug-likeness (QED) is 0.333. The number of anilines is 1. The first-order chi connectivity index (χ1) is 20.6. The molecule has 2 saturated heterocycles. The highest BCUT2D eigenvalue weighted by atomic mass is 35.5. The summed E-state index contributed by atoms with van der Waals surface area (Å²) in [5.41, 5.74) is -0.306. The predicted octanol–water partition coefficient (Wildman–Crippen LogP) is 3.90. The average molecular weight is 634 g/mol. The molecule has 1 aromatic carbocycles. The van der Waals surface area contributed by atoms with Crippen LogP contribution < -0.4 is 20.3 Å². The minimum absolute atomic E-state index is 0.108. The molecule has 0 spiro atoms. The molecule has 4 rings (SSSR count). The lowest BCUT2D eigenvalue weighted by Crippen LogP contribution is -2.60. The van der Waals surface area contributed by atoms with E-state index in [9.17, 15) is 19.5 Å². The molecule has 2 fully saturated rings. The van der Waals surface area contributed by atoms with E-state index in [1.165, 1.54) is 12.0 Å². The first-order valence-corrected chi connectivity index (χ1v) is 15.2. The van der Waals surface area contributed by atoms with Gasteiger partial charge < -0.3 is 34.3 Å². The Bertz CT molecular complexity index is 1350. The number of ether oxygens (including phenoxy) is 4. The van der Waals surface area contributed by atoms with E-state index in [4.69, 9.17) is 30.5 Å². The summed E-state index contributed by atoms with van der Waals surface area (Å²) in [4.78, 5) is 40.9. The minimum Gasteiger partial charge on any atom is -0.495 e. The van der Waals surface area contributed by atoms with Crippen molar-refractivity contribution in [3.63, 3.8) is 0 Å². The van der Waals surface area contributed by atoms with Crippen LogP contribution in [0, 0.1) is 11.8 Å². The lowest BCUT2D eigenvalue weighted by molar-refractivity contribution is -0.155. The number of methoxy groups -OCH3 is 1. The zero-order valence-electron chi connectivity index (χ0n) is 26.6. The first kappa shape index (κ1) is 33.8. The molecular weight excluding hydrogens is 590 g/mol. The highest BCUT2D eigenvalue weighted by Gasteiger charge is 2.64. The Morgan fingerprint density at radius 3 is 2.66 bits per heavy atom. The van der Waals surface area contributed by atoms with Gasteiger partial charge in [-0.1, -0.05) is 49.2 Å². The molecule has 3 aliphatic heterocycles. The van der Waals surface area contributed by atoms with Crippen LogP contribution in [0.25, 0.3) is 0 Å². The number of aliphatic hydroxyl groups is 1. The highest BCUT2D eigenvalue weighted by molar-refractivity contribution is 6.35. The maximum Gasteiger partial charge on any atom is 0.409 e. The van der Waals surface area contributed by atoms with Crippen molar-refractivity contribution in [2.24, 2.45) is 11.8 Å². The van der Waals surface area contributed by atoms with Gasteiger partial charge in [0.05, 0.1) is 25.3 Å². The number of epoxide rings is 1. The van der Waals surface area contributed by atoms with Gasteiger partial charge in [0.2, 0.25) is 5.91 Å². The van der Waals surface area contributed by atoms with Gasteiger partial charge in [-0.05, 0) is 51.9 Å². The van der Waals surface area contributed by atoms with Crippen LogP contribution in [0.3, 0.4) is 0 Å². The van der Waals surface area contributed by atoms with Crippen molar-refractivity contribution in [3.05, 3.63) is 46.5 Å². The number of alkyl carbamates (subject to hydrolysis) is 1. The molecule has 0 aliphatic carbocycles. The number of hydrogen-bond donors (Lipinski definition) is 3. The summed E-state index contributed by atoms with van der Waals surface area (Å²) in [7, 11) is 4.77. The van der Waals surface area contributed by atoms with Crippen LogP contribution in [-0.4, -0.2) is 80.0 Å². The molecule has 2 amide bonds. The van der Waals surface area contributed by atoms with Gasteiger partial charge in [0, 0.05) is 25.3 Å². The van der Waals surface area contributed by atoms with Crippen LogP contribution in [0.1, 0.15) is 53.0 Å². The van der Waals surface area contributed by atoms with E-state index in [-0.39, 0.29) is 23.8 Å². The Morgan fingerprint density at radius 1 is 1.30 bits per heavy atom. The monoisotopic (exact) mass is 633 g/mol. The van der Waals surface area contributed by atoms with Crippen molar-refractivity contribution in [3.8, 4) is 5.75 Å². The summed E-state index contributed by atoms with van der Waals surface area (Å²) < 4.78 is 23.3. The van der Waals surface area contributed by atoms with Crippen LogP contribution in [0.2, 0.25) is 5.02 Å². The Kier molecular flexibility index (Phi) is 10.0. The number of carbonyl (C=O) groups is 3. The molecule has 7 unspecified atom stereocenters. The van der Waals surface area contributed by atoms with Gasteiger partial charge in [0.25, 0.3) is 0 Å². The molecule has 0 saturated carbocycles. The van der Waals surface area contributed by atoms with Crippen molar-refractivity contribution in [1.29, 1.82) is 0 Å². The number of nitrogens with one attached hydrogen (secondary N) is 2. The maximum atomic E-state index is 13.8. The van der Waals surface area contributed by atoms with E-state index in [1.807, 2.05) is 51.1 Å². The van der Waals surface area contributed by atoms with E-state index in [2.05, 4.69) is 10.6 Å². The Hall–Kier alpha value is -3.12. The fourth-order valence-electron chi connectivity index (χ4n) is 5.87. The Balaban J connectivity index is 1.78.